The molecule has 1 amide bonds. The number of thiazole rings is 1. The van der Waals surface area contributed by atoms with E-state index in [-0.39, 0.29) is 12.5 Å². The van der Waals surface area contributed by atoms with Crippen LogP contribution in [0.25, 0.3) is 10.6 Å². The number of nitrogens with zero attached hydrogens (tertiary/aromatic N) is 2. The smallest absolute Gasteiger partial charge is 0.277 e. The first-order valence-corrected chi connectivity index (χ1v) is 9.82. The number of aliphatic hydroxyl groups excluding tert-OH is 1. The van der Waals surface area contributed by atoms with Gasteiger partial charge in [-0.15, -0.1) is 11.3 Å². The van der Waals surface area contributed by atoms with Gasteiger partial charge in [0.2, 0.25) is 0 Å². The Morgan fingerprint density at radius 2 is 2.12 bits per heavy atom. The topological polar surface area (TPSA) is 53.4 Å². The fourth-order valence-electron chi connectivity index (χ4n) is 3.90. The van der Waals surface area contributed by atoms with Gasteiger partial charge in [0.1, 0.15) is 10.7 Å². The summed E-state index contributed by atoms with van der Waals surface area (Å²) in [5, 5.41) is 12.2. The summed E-state index contributed by atoms with van der Waals surface area (Å²) in [5.74, 6) is 0.557. The lowest BCUT2D eigenvalue weighted by Crippen LogP contribution is -2.39. The van der Waals surface area contributed by atoms with Gasteiger partial charge in [0.05, 0.1) is 6.61 Å². The number of hydrogen-bond donors (Lipinski definition) is 1. The van der Waals surface area contributed by atoms with Crippen LogP contribution in [0.4, 0.5) is 0 Å². The van der Waals surface area contributed by atoms with Crippen LogP contribution in [-0.4, -0.2) is 27.4 Å². The average Bonchev–Trinajstić information content (AvgIpc) is 3.17. The van der Waals surface area contributed by atoms with Crippen LogP contribution in [0.3, 0.4) is 0 Å². The lowest BCUT2D eigenvalue weighted by molar-refractivity contribution is 0.0744. The Hall–Kier alpha value is -1.98. The van der Waals surface area contributed by atoms with Crippen molar-refractivity contribution in [1.29, 1.82) is 0 Å². The first-order chi connectivity index (χ1) is 12.3. The van der Waals surface area contributed by atoms with Crippen LogP contribution in [0.5, 0.6) is 0 Å². The molecule has 0 spiro atoms. The highest BCUT2D eigenvalue weighted by molar-refractivity contribution is 7.13. The van der Waals surface area contributed by atoms with Gasteiger partial charge in [-0.25, -0.2) is 4.98 Å². The molecule has 1 fully saturated rings. The minimum atomic E-state index is -0.0281. The first kappa shape index (κ1) is 16.5. The van der Waals surface area contributed by atoms with Crippen LogP contribution in [0.2, 0.25) is 0 Å². The molecule has 1 N–H and O–H groups in total. The number of piperidine rings is 1. The molecule has 4 nitrogen and oxygen atoms in total. The minimum Gasteiger partial charge on any atom is -0.392 e. The Kier molecular flexibility index (Phi) is 4.68. The molecular weight excluding hydrogens is 332 g/mol. The van der Waals surface area contributed by atoms with Crippen LogP contribution in [-0.2, 0) is 6.61 Å². The van der Waals surface area contributed by atoms with Crippen molar-refractivity contribution in [3.05, 3.63) is 52.7 Å². The molecule has 0 radical (unpaired) electrons. The average molecular weight is 354 g/mol. The van der Waals surface area contributed by atoms with Gasteiger partial charge in [0, 0.05) is 23.2 Å². The molecule has 0 bridgehead atoms. The van der Waals surface area contributed by atoms with E-state index < -0.39 is 0 Å². The van der Waals surface area contributed by atoms with Crippen LogP contribution in [0, 0.1) is 5.92 Å². The Morgan fingerprint density at radius 1 is 1.28 bits per heavy atom. The third kappa shape index (κ3) is 3.14. The normalized spacial score (nSPS) is 20.1. The number of fused-ring (bicyclic) bond motifs is 1. The van der Waals surface area contributed by atoms with Crippen molar-refractivity contribution in [2.75, 3.05) is 6.54 Å². The van der Waals surface area contributed by atoms with Gasteiger partial charge in [-0.1, -0.05) is 30.3 Å². The largest absolute Gasteiger partial charge is 0.392 e. The molecule has 0 saturated carbocycles. The number of carbonyl (C=O) groups excluding carboxylic acids is 1. The summed E-state index contributed by atoms with van der Waals surface area (Å²) >= 11 is 1.46. The number of carbonyl (C=O) groups is 1. The molecule has 1 saturated heterocycles. The standard InChI is InChI=1S/C20H22N2O2S/c23-12-15-7-1-3-9-16(15)19-21-17(13-25-19)20(24)22-11-5-8-14-6-2-4-10-18(14)22/h1,3,7,9-10,13-14,23H,2,4-6,8,11-12H2. The summed E-state index contributed by atoms with van der Waals surface area (Å²) in [6.07, 6.45) is 8.01. The molecule has 25 heavy (non-hydrogen) atoms. The van der Waals surface area contributed by atoms with E-state index in [0.29, 0.717) is 11.6 Å². The quantitative estimate of drug-likeness (QED) is 0.898. The lowest BCUT2D eigenvalue weighted by atomic mass is 9.85. The molecule has 1 unspecified atom stereocenters. The second kappa shape index (κ2) is 7.10. The molecule has 2 aromatic rings. The lowest BCUT2D eigenvalue weighted by Gasteiger charge is -2.37. The summed E-state index contributed by atoms with van der Waals surface area (Å²) in [6.45, 7) is 0.765. The summed E-state index contributed by atoms with van der Waals surface area (Å²) < 4.78 is 0. The van der Waals surface area contributed by atoms with Gasteiger partial charge >= 0.3 is 0 Å². The Bertz CT molecular complexity index is 812. The second-order valence-electron chi connectivity index (χ2n) is 6.71. The maximum atomic E-state index is 13.0. The van der Waals surface area contributed by atoms with Crippen LogP contribution in [0.1, 0.15) is 48.2 Å². The van der Waals surface area contributed by atoms with E-state index in [1.807, 2.05) is 34.5 Å². The first-order valence-electron chi connectivity index (χ1n) is 8.94. The van der Waals surface area contributed by atoms with Crippen molar-refractivity contribution in [2.45, 2.75) is 38.7 Å². The van der Waals surface area contributed by atoms with Gasteiger partial charge in [-0.2, -0.15) is 0 Å². The number of allylic oxidation sites excluding steroid dienone is 2. The van der Waals surface area contributed by atoms with Crippen molar-refractivity contribution in [3.8, 4) is 10.6 Å². The number of hydrogen-bond acceptors (Lipinski definition) is 4. The maximum Gasteiger partial charge on any atom is 0.277 e. The van der Waals surface area contributed by atoms with Gasteiger partial charge in [-0.3, -0.25) is 4.79 Å². The third-order valence-electron chi connectivity index (χ3n) is 5.16. The minimum absolute atomic E-state index is 0.0156. The molecule has 1 atom stereocenters. The predicted octanol–water partition coefficient (Wildman–Crippen LogP) is 4.22. The molecule has 130 valence electrons. The van der Waals surface area contributed by atoms with Gasteiger partial charge in [0.25, 0.3) is 5.91 Å². The van der Waals surface area contributed by atoms with Crippen molar-refractivity contribution >= 4 is 17.2 Å². The zero-order valence-corrected chi connectivity index (χ0v) is 15.0. The Balaban J connectivity index is 1.61. The number of benzene rings is 1. The fraction of sp³-hybridized carbons (Fsp3) is 0.400. The molecule has 1 aromatic carbocycles. The third-order valence-corrected chi connectivity index (χ3v) is 6.04. The second-order valence-corrected chi connectivity index (χ2v) is 7.57. The molecule has 1 aliphatic carbocycles. The molecule has 1 aromatic heterocycles. The van der Waals surface area contributed by atoms with E-state index >= 15 is 0 Å². The highest BCUT2D eigenvalue weighted by atomic mass is 32.1. The van der Waals surface area contributed by atoms with E-state index in [1.165, 1.54) is 36.3 Å². The van der Waals surface area contributed by atoms with E-state index in [4.69, 9.17) is 0 Å². The van der Waals surface area contributed by atoms with Gasteiger partial charge in [0.15, 0.2) is 0 Å². The monoisotopic (exact) mass is 354 g/mol. The van der Waals surface area contributed by atoms with Crippen molar-refractivity contribution < 1.29 is 9.90 Å². The van der Waals surface area contributed by atoms with Crippen LogP contribution in [0.15, 0.2) is 41.4 Å². The summed E-state index contributed by atoms with van der Waals surface area (Å²) in [4.78, 5) is 19.6. The highest BCUT2D eigenvalue weighted by Crippen LogP contribution is 2.36. The molecule has 2 heterocycles. The van der Waals surface area contributed by atoms with E-state index in [9.17, 15) is 9.90 Å². The summed E-state index contributed by atoms with van der Waals surface area (Å²) in [7, 11) is 0. The van der Waals surface area contributed by atoms with E-state index in [2.05, 4.69) is 11.1 Å². The van der Waals surface area contributed by atoms with Gasteiger partial charge < -0.3 is 10.0 Å². The molecule has 5 heteroatoms. The number of aromatic nitrogens is 1. The summed E-state index contributed by atoms with van der Waals surface area (Å²) in [6, 6.07) is 7.66. The van der Waals surface area contributed by atoms with Crippen LogP contribution >= 0.6 is 11.3 Å². The molecular formula is C20H22N2O2S. The van der Waals surface area contributed by atoms with Gasteiger partial charge in [-0.05, 0) is 43.6 Å². The highest BCUT2D eigenvalue weighted by Gasteiger charge is 2.31. The number of likely N-dealkylation sites (tertiary alicyclic amines) is 1. The Morgan fingerprint density at radius 3 is 3.00 bits per heavy atom. The zero-order chi connectivity index (χ0) is 17.2. The van der Waals surface area contributed by atoms with E-state index in [0.717, 1.165) is 35.5 Å². The number of amides is 1. The molecule has 1 aliphatic heterocycles. The number of aliphatic hydroxyl groups is 1. The van der Waals surface area contributed by atoms with Crippen molar-refractivity contribution in [3.63, 3.8) is 0 Å². The van der Waals surface area contributed by atoms with Crippen LogP contribution < -0.4 is 0 Å². The SMILES string of the molecule is O=C(c1csc(-c2ccccc2CO)n1)N1CCCC2CCCC=C21. The summed E-state index contributed by atoms with van der Waals surface area (Å²) in [5.41, 5.74) is 3.47. The number of rotatable bonds is 3. The molecule has 2 aliphatic rings. The van der Waals surface area contributed by atoms with Crippen molar-refractivity contribution in [2.24, 2.45) is 5.92 Å². The maximum absolute atomic E-state index is 13.0. The fourth-order valence-corrected chi connectivity index (χ4v) is 4.75. The zero-order valence-electron chi connectivity index (χ0n) is 14.1. The Labute approximate surface area is 151 Å². The predicted molar refractivity (Wildman–Crippen MR) is 99.2 cm³/mol. The van der Waals surface area contributed by atoms with Crippen molar-refractivity contribution in [1.82, 2.24) is 9.88 Å². The molecule has 4 rings (SSSR count). The van der Waals surface area contributed by atoms with E-state index in [1.54, 1.807) is 0 Å².